The average molecular weight is 549 g/mol. The molecule has 3 aliphatic heterocycles. The van der Waals surface area contributed by atoms with Crippen molar-refractivity contribution in [2.24, 2.45) is 0 Å². The van der Waals surface area contributed by atoms with Gasteiger partial charge in [0.2, 0.25) is 5.95 Å². The molecule has 0 amide bonds. The summed E-state index contributed by atoms with van der Waals surface area (Å²) in [4.78, 5) is 15.6. The standard InChI is InChI=1S/C26H31ClF2N6O3/c1-12(2)35-19-6-13(5-17(29)21(19)32-24(35)26(3,4)34-9-14(28)10-34)20-16(27)8-30-25(33-20)31-18-7-15-11-37-23(38-15)22(18)36/h5-6,8,12,14-15,18,22-23,36H,7,9-11H2,1-4H3,(H,30,31,33)/t15-,18+,22-,23+/m0/s1. The van der Waals surface area contributed by atoms with E-state index in [4.69, 9.17) is 26.1 Å². The van der Waals surface area contributed by atoms with Gasteiger partial charge in [-0.25, -0.2) is 23.7 Å². The third-order valence-corrected chi connectivity index (χ3v) is 8.03. The number of nitrogens with one attached hydrogen (secondary N) is 1. The smallest absolute Gasteiger partial charge is 0.223 e. The second-order valence-corrected chi connectivity index (χ2v) is 11.5. The van der Waals surface area contributed by atoms with E-state index in [-0.39, 0.29) is 34.7 Å². The van der Waals surface area contributed by atoms with Crippen molar-refractivity contribution < 1.29 is 23.4 Å². The first-order valence-corrected chi connectivity index (χ1v) is 13.3. The van der Waals surface area contributed by atoms with E-state index in [1.807, 2.05) is 43.2 Å². The largest absolute Gasteiger partial charge is 0.386 e. The fourth-order valence-corrected chi connectivity index (χ4v) is 5.80. The van der Waals surface area contributed by atoms with Crippen molar-refractivity contribution in [1.29, 1.82) is 0 Å². The van der Waals surface area contributed by atoms with Gasteiger partial charge in [0.1, 0.15) is 23.6 Å². The average Bonchev–Trinajstić information content (AvgIpc) is 3.44. The highest BCUT2D eigenvalue weighted by Crippen LogP contribution is 2.38. The number of hydrogen-bond donors (Lipinski definition) is 2. The van der Waals surface area contributed by atoms with Crippen LogP contribution in [0.4, 0.5) is 14.7 Å². The van der Waals surface area contributed by atoms with Gasteiger partial charge < -0.3 is 24.5 Å². The maximum Gasteiger partial charge on any atom is 0.223 e. The molecule has 3 aromatic rings. The van der Waals surface area contributed by atoms with E-state index in [0.29, 0.717) is 48.7 Å². The molecule has 3 saturated heterocycles. The van der Waals surface area contributed by atoms with Crippen LogP contribution in [0.25, 0.3) is 22.3 Å². The summed E-state index contributed by atoms with van der Waals surface area (Å²) in [6.07, 6.45) is -0.543. The molecular weight excluding hydrogens is 518 g/mol. The van der Waals surface area contributed by atoms with Gasteiger partial charge in [0, 0.05) is 24.7 Å². The van der Waals surface area contributed by atoms with Crippen LogP contribution in [-0.2, 0) is 15.0 Å². The van der Waals surface area contributed by atoms with E-state index in [9.17, 15) is 9.50 Å². The molecule has 9 nitrogen and oxygen atoms in total. The molecule has 6 rings (SSSR count). The molecule has 12 heteroatoms. The van der Waals surface area contributed by atoms with Gasteiger partial charge in [0.15, 0.2) is 12.1 Å². The van der Waals surface area contributed by atoms with Crippen LogP contribution in [0.3, 0.4) is 0 Å². The van der Waals surface area contributed by atoms with Crippen molar-refractivity contribution in [1.82, 2.24) is 24.4 Å². The Hall–Kier alpha value is -2.44. The number of imidazole rings is 1. The van der Waals surface area contributed by atoms with Crippen molar-refractivity contribution >= 4 is 28.6 Å². The molecular formula is C26H31ClF2N6O3. The van der Waals surface area contributed by atoms with Crippen LogP contribution in [-0.4, -0.2) is 79.9 Å². The molecule has 2 N–H and O–H groups in total. The summed E-state index contributed by atoms with van der Waals surface area (Å²) in [5.41, 5.74) is 1.09. The Bertz CT molecular complexity index is 1380. The molecule has 204 valence electrons. The minimum absolute atomic E-state index is 0.0305. The molecule has 2 bridgehead atoms. The van der Waals surface area contributed by atoms with Gasteiger partial charge in [-0.1, -0.05) is 11.6 Å². The van der Waals surface area contributed by atoms with E-state index in [0.717, 1.165) is 0 Å². The second-order valence-electron chi connectivity index (χ2n) is 11.1. The summed E-state index contributed by atoms with van der Waals surface area (Å²) in [5, 5.41) is 14.0. The van der Waals surface area contributed by atoms with E-state index < -0.39 is 29.9 Å². The zero-order valence-electron chi connectivity index (χ0n) is 21.7. The molecule has 3 aliphatic rings. The number of ether oxygens (including phenoxy) is 2. The molecule has 5 heterocycles. The van der Waals surface area contributed by atoms with Crippen LogP contribution in [0.2, 0.25) is 5.02 Å². The summed E-state index contributed by atoms with van der Waals surface area (Å²) < 4.78 is 42.3. The Morgan fingerprint density at radius 3 is 2.71 bits per heavy atom. The van der Waals surface area contributed by atoms with Gasteiger partial charge >= 0.3 is 0 Å². The Kier molecular flexibility index (Phi) is 6.34. The van der Waals surface area contributed by atoms with Gasteiger partial charge in [-0.2, -0.15) is 0 Å². The molecule has 0 unspecified atom stereocenters. The van der Waals surface area contributed by atoms with Crippen LogP contribution in [0.15, 0.2) is 18.3 Å². The fraction of sp³-hybridized carbons (Fsp3) is 0.577. The zero-order chi connectivity index (χ0) is 26.9. The Balaban J connectivity index is 1.38. The highest BCUT2D eigenvalue weighted by atomic mass is 35.5. The summed E-state index contributed by atoms with van der Waals surface area (Å²) in [7, 11) is 0. The molecule has 38 heavy (non-hydrogen) atoms. The van der Waals surface area contributed by atoms with Gasteiger partial charge in [0.05, 0.1) is 46.7 Å². The third-order valence-electron chi connectivity index (χ3n) is 7.75. The number of halogens is 3. The highest BCUT2D eigenvalue weighted by Gasteiger charge is 2.44. The van der Waals surface area contributed by atoms with Crippen molar-refractivity contribution in [2.75, 3.05) is 25.0 Å². The van der Waals surface area contributed by atoms with Crippen LogP contribution < -0.4 is 5.32 Å². The predicted molar refractivity (Wildman–Crippen MR) is 138 cm³/mol. The normalized spacial score (nSPS) is 26.3. The molecule has 0 spiro atoms. The minimum atomic E-state index is -0.883. The second kappa shape index (κ2) is 9.34. The number of alkyl halides is 1. The lowest BCUT2D eigenvalue weighted by molar-refractivity contribution is -0.156. The third kappa shape index (κ3) is 4.24. The Morgan fingerprint density at radius 1 is 1.24 bits per heavy atom. The maximum absolute atomic E-state index is 15.6. The summed E-state index contributed by atoms with van der Waals surface area (Å²) in [6, 6.07) is 2.80. The van der Waals surface area contributed by atoms with Crippen molar-refractivity contribution in [3.8, 4) is 11.3 Å². The quantitative estimate of drug-likeness (QED) is 0.476. The van der Waals surface area contributed by atoms with Crippen LogP contribution in [0.1, 0.15) is 46.0 Å². The van der Waals surface area contributed by atoms with E-state index >= 15 is 4.39 Å². The van der Waals surface area contributed by atoms with Crippen molar-refractivity contribution in [3.05, 3.63) is 35.0 Å². The lowest BCUT2D eigenvalue weighted by Gasteiger charge is -2.46. The Labute approximate surface area is 224 Å². The predicted octanol–water partition coefficient (Wildman–Crippen LogP) is 4.04. The summed E-state index contributed by atoms with van der Waals surface area (Å²) in [6.45, 7) is 9.07. The monoisotopic (exact) mass is 548 g/mol. The number of fused-ring (bicyclic) bond motifs is 3. The molecule has 0 radical (unpaired) electrons. The highest BCUT2D eigenvalue weighted by molar-refractivity contribution is 6.33. The number of aliphatic hydroxyl groups excluding tert-OH is 1. The van der Waals surface area contributed by atoms with Crippen LogP contribution in [0.5, 0.6) is 0 Å². The first-order chi connectivity index (χ1) is 18.0. The number of hydrogen-bond acceptors (Lipinski definition) is 8. The molecule has 0 aliphatic carbocycles. The first-order valence-electron chi connectivity index (χ1n) is 12.9. The van der Waals surface area contributed by atoms with Gasteiger partial charge in [-0.05, 0) is 46.2 Å². The van der Waals surface area contributed by atoms with Crippen LogP contribution >= 0.6 is 11.6 Å². The van der Waals surface area contributed by atoms with Gasteiger partial charge in [-0.3, -0.25) is 4.90 Å². The van der Waals surface area contributed by atoms with Crippen LogP contribution in [0, 0.1) is 5.82 Å². The first kappa shape index (κ1) is 25.8. The fourth-order valence-electron chi connectivity index (χ4n) is 5.60. The number of benzene rings is 1. The SMILES string of the molecule is CC(C)n1c(C(C)(C)N2CC(F)C2)nc2c(F)cc(-c3nc(N[C@@H]4C[C@H]5CO[C@H](O5)[C@H]4O)ncc3Cl)cc21. The van der Waals surface area contributed by atoms with E-state index in [2.05, 4.69) is 15.3 Å². The summed E-state index contributed by atoms with van der Waals surface area (Å²) in [5.74, 6) is 0.429. The molecule has 3 fully saturated rings. The number of rotatable bonds is 6. The van der Waals surface area contributed by atoms with Crippen molar-refractivity contribution in [2.45, 2.75) is 76.4 Å². The van der Waals surface area contributed by atoms with E-state index in [1.165, 1.54) is 12.3 Å². The van der Waals surface area contributed by atoms with E-state index in [1.54, 1.807) is 0 Å². The number of anilines is 1. The Morgan fingerprint density at radius 2 is 2.00 bits per heavy atom. The molecule has 1 aromatic carbocycles. The molecule has 2 aromatic heterocycles. The van der Waals surface area contributed by atoms with Gasteiger partial charge in [0.25, 0.3) is 0 Å². The van der Waals surface area contributed by atoms with Gasteiger partial charge in [-0.15, -0.1) is 0 Å². The lowest BCUT2D eigenvalue weighted by atomic mass is 9.96. The zero-order valence-corrected chi connectivity index (χ0v) is 22.4. The number of aliphatic hydroxyl groups is 1. The maximum atomic E-state index is 15.6. The summed E-state index contributed by atoms with van der Waals surface area (Å²) >= 11 is 6.49. The van der Waals surface area contributed by atoms with Crippen molar-refractivity contribution in [3.63, 3.8) is 0 Å². The number of nitrogens with zero attached hydrogens (tertiary/aromatic N) is 5. The number of aromatic nitrogens is 4. The number of likely N-dealkylation sites (tertiary alicyclic amines) is 1. The molecule has 4 atom stereocenters. The lowest BCUT2D eigenvalue weighted by Crippen LogP contribution is -2.57. The topological polar surface area (TPSA) is 97.6 Å². The minimum Gasteiger partial charge on any atom is -0.386 e. The molecule has 0 saturated carbocycles.